The molecule has 2 aromatic rings. The van der Waals surface area contributed by atoms with Gasteiger partial charge in [0.25, 0.3) is 5.91 Å². The van der Waals surface area contributed by atoms with Crippen LogP contribution in [0.5, 0.6) is 11.5 Å². The molecule has 6 nitrogen and oxygen atoms in total. The van der Waals surface area contributed by atoms with Gasteiger partial charge in [-0.15, -0.1) is 11.3 Å². The summed E-state index contributed by atoms with van der Waals surface area (Å²) in [7, 11) is 0. The summed E-state index contributed by atoms with van der Waals surface area (Å²) < 4.78 is 10.7. The van der Waals surface area contributed by atoms with Gasteiger partial charge in [-0.1, -0.05) is 0 Å². The predicted molar refractivity (Wildman–Crippen MR) is 94.0 cm³/mol. The zero-order chi connectivity index (χ0) is 17.2. The maximum absolute atomic E-state index is 12.4. The zero-order valence-electron chi connectivity index (χ0n) is 13.7. The highest BCUT2D eigenvalue weighted by atomic mass is 32.1. The third-order valence-electron chi connectivity index (χ3n) is 4.80. The molecule has 1 amide bonds. The van der Waals surface area contributed by atoms with Gasteiger partial charge in [0.2, 0.25) is 6.79 Å². The molecular formula is C18H20N2O4S. The monoisotopic (exact) mass is 360 g/mol. The zero-order valence-corrected chi connectivity index (χ0v) is 14.6. The number of nitrogens with zero attached hydrogens (tertiary/aromatic N) is 1. The van der Waals surface area contributed by atoms with E-state index in [1.807, 2.05) is 18.2 Å². The molecule has 1 fully saturated rings. The summed E-state index contributed by atoms with van der Waals surface area (Å²) in [6.45, 7) is 0.481. The number of carbonyl (C=O) groups is 1. The first kappa shape index (κ1) is 16.4. The SMILES string of the molecule is O=C(NC1CCC(CO)CC1)c1csc(-c2ccc3c(c2)OCO3)n1. The lowest BCUT2D eigenvalue weighted by molar-refractivity contribution is 0.0909. The van der Waals surface area contributed by atoms with E-state index in [9.17, 15) is 9.90 Å². The normalized spacial score (nSPS) is 22.0. The van der Waals surface area contributed by atoms with Gasteiger partial charge in [-0.3, -0.25) is 4.79 Å². The molecule has 1 saturated carbocycles. The Bertz CT molecular complexity index is 768. The van der Waals surface area contributed by atoms with Crippen LogP contribution in [0.25, 0.3) is 10.6 Å². The number of benzene rings is 1. The number of aliphatic hydroxyl groups is 1. The van der Waals surface area contributed by atoms with E-state index in [4.69, 9.17) is 9.47 Å². The first-order valence-corrected chi connectivity index (χ1v) is 9.38. The van der Waals surface area contributed by atoms with Crippen LogP contribution in [0.3, 0.4) is 0 Å². The maximum atomic E-state index is 12.4. The number of carbonyl (C=O) groups excluding carboxylic acids is 1. The van der Waals surface area contributed by atoms with Crippen LogP contribution in [0.1, 0.15) is 36.2 Å². The molecule has 0 saturated heterocycles. The summed E-state index contributed by atoms with van der Waals surface area (Å²) in [5.74, 6) is 1.69. The van der Waals surface area contributed by atoms with Gasteiger partial charge in [-0.25, -0.2) is 4.98 Å². The van der Waals surface area contributed by atoms with Crippen LogP contribution in [-0.4, -0.2) is 35.4 Å². The van der Waals surface area contributed by atoms with Crippen molar-refractivity contribution in [1.29, 1.82) is 0 Å². The smallest absolute Gasteiger partial charge is 0.270 e. The van der Waals surface area contributed by atoms with Gasteiger partial charge in [0.05, 0.1) is 0 Å². The molecule has 1 aromatic heterocycles. The number of ether oxygens (including phenoxy) is 2. The molecule has 1 aliphatic carbocycles. The number of nitrogens with one attached hydrogen (secondary N) is 1. The Hall–Kier alpha value is -2.12. The molecule has 0 atom stereocenters. The number of rotatable bonds is 4. The average Bonchev–Trinajstić information content (AvgIpc) is 3.31. The van der Waals surface area contributed by atoms with E-state index in [0.29, 0.717) is 17.4 Å². The van der Waals surface area contributed by atoms with Gasteiger partial charge < -0.3 is 19.9 Å². The summed E-state index contributed by atoms with van der Waals surface area (Å²) in [4.78, 5) is 16.9. The third-order valence-corrected chi connectivity index (χ3v) is 5.69. The fourth-order valence-corrected chi connectivity index (χ4v) is 4.09. The molecule has 2 N–H and O–H groups in total. The van der Waals surface area contributed by atoms with E-state index in [1.54, 1.807) is 5.38 Å². The molecule has 25 heavy (non-hydrogen) atoms. The minimum Gasteiger partial charge on any atom is -0.454 e. The van der Waals surface area contributed by atoms with Crippen LogP contribution in [0.15, 0.2) is 23.6 Å². The third kappa shape index (κ3) is 3.48. The molecule has 0 unspecified atom stereocenters. The van der Waals surface area contributed by atoms with Crippen molar-refractivity contribution in [3.63, 3.8) is 0 Å². The largest absolute Gasteiger partial charge is 0.454 e. The van der Waals surface area contributed by atoms with Crippen molar-refractivity contribution in [2.45, 2.75) is 31.7 Å². The van der Waals surface area contributed by atoms with Crippen LogP contribution in [0.2, 0.25) is 0 Å². The van der Waals surface area contributed by atoms with Crippen molar-refractivity contribution >= 4 is 17.2 Å². The second-order valence-electron chi connectivity index (χ2n) is 6.48. The van der Waals surface area contributed by atoms with Crippen molar-refractivity contribution in [2.24, 2.45) is 5.92 Å². The lowest BCUT2D eigenvalue weighted by Crippen LogP contribution is -2.38. The summed E-state index contributed by atoms with van der Waals surface area (Å²) >= 11 is 1.44. The van der Waals surface area contributed by atoms with Crippen molar-refractivity contribution in [3.8, 4) is 22.1 Å². The Morgan fingerprint density at radius 1 is 1.24 bits per heavy atom. The number of aliphatic hydroxyl groups excluding tert-OH is 1. The Morgan fingerprint density at radius 3 is 2.84 bits per heavy atom. The average molecular weight is 360 g/mol. The number of hydrogen-bond donors (Lipinski definition) is 2. The van der Waals surface area contributed by atoms with E-state index in [2.05, 4.69) is 10.3 Å². The van der Waals surface area contributed by atoms with E-state index in [1.165, 1.54) is 11.3 Å². The highest BCUT2D eigenvalue weighted by molar-refractivity contribution is 7.13. The van der Waals surface area contributed by atoms with Gasteiger partial charge in [0, 0.05) is 23.6 Å². The predicted octanol–water partition coefficient (Wildman–Crippen LogP) is 2.82. The molecular weight excluding hydrogens is 340 g/mol. The van der Waals surface area contributed by atoms with Crippen LogP contribution in [0.4, 0.5) is 0 Å². The lowest BCUT2D eigenvalue weighted by Gasteiger charge is -2.27. The molecule has 1 aliphatic heterocycles. The first-order valence-electron chi connectivity index (χ1n) is 8.50. The molecule has 7 heteroatoms. The van der Waals surface area contributed by atoms with E-state index >= 15 is 0 Å². The number of hydrogen-bond acceptors (Lipinski definition) is 6. The Balaban J connectivity index is 1.41. The highest BCUT2D eigenvalue weighted by Gasteiger charge is 2.23. The van der Waals surface area contributed by atoms with E-state index in [-0.39, 0.29) is 25.3 Å². The van der Waals surface area contributed by atoms with Gasteiger partial charge in [0.1, 0.15) is 10.7 Å². The van der Waals surface area contributed by atoms with Crippen LogP contribution >= 0.6 is 11.3 Å². The molecule has 4 rings (SSSR count). The summed E-state index contributed by atoms with van der Waals surface area (Å²) in [6, 6.07) is 5.84. The molecule has 2 aliphatic rings. The molecule has 1 aromatic carbocycles. The first-order chi connectivity index (χ1) is 12.2. The Morgan fingerprint density at radius 2 is 2.04 bits per heavy atom. The molecule has 2 heterocycles. The quantitative estimate of drug-likeness (QED) is 0.876. The van der Waals surface area contributed by atoms with Crippen molar-refractivity contribution in [3.05, 3.63) is 29.3 Å². The topological polar surface area (TPSA) is 80.7 Å². The lowest BCUT2D eigenvalue weighted by atomic mass is 9.86. The van der Waals surface area contributed by atoms with Crippen LogP contribution in [0, 0.1) is 5.92 Å². The second kappa shape index (κ2) is 7.01. The van der Waals surface area contributed by atoms with Gasteiger partial charge >= 0.3 is 0 Å². The molecule has 0 bridgehead atoms. The van der Waals surface area contributed by atoms with Crippen molar-refractivity contribution in [1.82, 2.24) is 10.3 Å². The summed E-state index contributed by atoms with van der Waals surface area (Å²) in [5.41, 5.74) is 1.36. The van der Waals surface area contributed by atoms with E-state index < -0.39 is 0 Å². The Labute approximate surface area is 149 Å². The molecule has 0 radical (unpaired) electrons. The summed E-state index contributed by atoms with van der Waals surface area (Å²) in [6.07, 6.45) is 3.74. The Kier molecular flexibility index (Phi) is 4.59. The van der Waals surface area contributed by atoms with Crippen LogP contribution in [-0.2, 0) is 0 Å². The second-order valence-corrected chi connectivity index (χ2v) is 7.34. The fourth-order valence-electron chi connectivity index (χ4n) is 3.29. The van der Waals surface area contributed by atoms with E-state index in [0.717, 1.165) is 42.0 Å². The molecule has 0 spiro atoms. The standard InChI is InChI=1S/C18H20N2O4S/c21-8-11-1-4-13(5-2-11)19-17(22)14-9-25-18(20-14)12-3-6-15-16(7-12)24-10-23-15/h3,6-7,9,11,13,21H,1-2,4-5,8,10H2,(H,19,22). The number of fused-ring (bicyclic) bond motifs is 1. The number of thiazole rings is 1. The summed E-state index contributed by atoms with van der Waals surface area (Å²) in [5, 5.41) is 14.8. The fraction of sp³-hybridized carbons (Fsp3) is 0.444. The van der Waals surface area contributed by atoms with Gasteiger partial charge in [0.15, 0.2) is 11.5 Å². The number of aromatic nitrogens is 1. The number of amides is 1. The maximum Gasteiger partial charge on any atom is 0.270 e. The highest BCUT2D eigenvalue weighted by Crippen LogP contribution is 2.36. The van der Waals surface area contributed by atoms with Crippen molar-refractivity contribution < 1.29 is 19.4 Å². The van der Waals surface area contributed by atoms with Gasteiger partial charge in [-0.2, -0.15) is 0 Å². The van der Waals surface area contributed by atoms with Crippen molar-refractivity contribution in [2.75, 3.05) is 13.4 Å². The minimum atomic E-state index is -0.129. The van der Waals surface area contributed by atoms with Gasteiger partial charge in [-0.05, 0) is 49.8 Å². The van der Waals surface area contributed by atoms with Crippen LogP contribution < -0.4 is 14.8 Å². The molecule has 132 valence electrons. The minimum absolute atomic E-state index is 0.129.